The lowest BCUT2D eigenvalue weighted by molar-refractivity contribution is -0.122. The van der Waals surface area contributed by atoms with Crippen molar-refractivity contribution in [1.82, 2.24) is 0 Å². The quantitative estimate of drug-likeness (QED) is 0.819. The normalized spacial score (nSPS) is 25.7. The molecule has 1 nitrogen and oxygen atoms in total. The highest BCUT2D eigenvalue weighted by Gasteiger charge is 2.27. The van der Waals surface area contributed by atoms with Gasteiger partial charge >= 0.3 is 0 Å². The Morgan fingerprint density at radius 3 is 2.87 bits per heavy atom. The van der Waals surface area contributed by atoms with Crippen molar-refractivity contribution in [3.05, 3.63) is 20.8 Å². The third-order valence-corrected chi connectivity index (χ3v) is 4.75. The number of hydrogen-bond donors (Lipinski definition) is 0. The fourth-order valence-electron chi connectivity index (χ4n) is 2.26. The van der Waals surface area contributed by atoms with Gasteiger partial charge in [0.25, 0.3) is 0 Å². The zero-order chi connectivity index (χ0) is 10.8. The van der Waals surface area contributed by atoms with E-state index in [1.54, 1.807) is 11.3 Å². The maximum absolute atomic E-state index is 12.0. The number of rotatable bonds is 3. The van der Waals surface area contributed by atoms with Crippen molar-refractivity contribution in [2.75, 3.05) is 0 Å². The maximum atomic E-state index is 12.0. The summed E-state index contributed by atoms with van der Waals surface area (Å²) in [5, 5.41) is 0. The molecule has 2 rings (SSSR count). The van der Waals surface area contributed by atoms with Crippen molar-refractivity contribution in [3.63, 3.8) is 0 Å². The van der Waals surface area contributed by atoms with Crippen molar-refractivity contribution < 1.29 is 4.79 Å². The molecule has 1 heterocycles. The highest BCUT2D eigenvalue weighted by molar-refractivity contribution is 9.11. The molecule has 0 spiro atoms. The van der Waals surface area contributed by atoms with E-state index in [1.807, 2.05) is 12.1 Å². The second kappa shape index (κ2) is 4.79. The number of thiophene rings is 1. The minimum absolute atomic E-state index is 0.334. The Hall–Kier alpha value is -0.150. The average Bonchev–Trinajstić information content (AvgIpc) is 2.75. The molecule has 15 heavy (non-hydrogen) atoms. The number of ketones is 1. The van der Waals surface area contributed by atoms with Crippen LogP contribution in [-0.4, -0.2) is 5.78 Å². The largest absolute Gasteiger partial charge is 0.299 e. The van der Waals surface area contributed by atoms with E-state index in [0.717, 1.165) is 22.5 Å². The summed E-state index contributed by atoms with van der Waals surface area (Å²) in [7, 11) is 0. The molecule has 2 atom stereocenters. The van der Waals surface area contributed by atoms with Gasteiger partial charge in [0.1, 0.15) is 5.78 Å². The van der Waals surface area contributed by atoms with Gasteiger partial charge in [-0.15, -0.1) is 11.3 Å². The summed E-state index contributed by atoms with van der Waals surface area (Å²) in [6.45, 7) is 2.25. The number of halogens is 1. The maximum Gasteiger partial charge on any atom is 0.141 e. The summed E-state index contributed by atoms with van der Waals surface area (Å²) in [4.78, 5) is 13.1. The lowest BCUT2D eigenvalue weighted by Gasteiger charge is -2.06. The molecule has 1 aliphatic rings. The first-order chi connectivity index (χ1) is 7.15. The Morgan fingerprint density at radius 2 is 2.33 bits per heavy atom. The Labute approximate surface area is 103 Å². The van der Waals surface area contributed by atoms with Crippen LogP contribution in [0.3, 0.4) is 0 Å². The van der Waals surface area contributed by atoms with Crippen LogP contribution in [0.1, 0.15) is 31.1 Å². The van der Waals surface area contributed by atoms with E-state index in [4.69, 9.17) is 0 Å². The minimum Gasteiger partial charge on any atom is -0.299 e. The molecule has 0 aromatic carbocycles. The smallest absolute Gasteiger partial charge is 0.141 e. The molecular weight excluding hydrogens is 272 g/mol. The fraction of sp³-hybridized carbons (Fsp3) is 0.583. The molecule has 1 fully saturated rings. The van der Waals surface area contributed by atoms with Crippen LogP contribution in [0.4, 0.5) is 0 Å². The molecule has 82 valence electrons. The summed E-state index contributed by atoms with van der Waals surface area (Å²) >= 11 is 5.09. The second-order valence-electron chi connectivity index (χ2n) is 4.46. The van der Waals surface area contributed by atoms with Crippen LogP contribution >= 0.6 is 27.3 Å². The third kappa shape index (κ3) is 2.91. The summed E-state index contributed by atoms with van der Waals surface area (Å²) in [5.74, 6) is 1.52. The lowest BCUT2D eigenvalue weighted by atomic mass is 9.98. The van der Waals surface area contributed by atoms with Crippen molar-refractivity contribution in [2.24, 2.45) is 11.8 Å². The van der Waals surface area contributed by atoms with Gasteiger partial charge in [-0.25, -0.2) is 0 Å². The molecule has 0 bridgehead atoms. The van der Waals surface area contributed by atoms with Crippen LogP contribution in [0.2, 0.25) is 0 Å². The molecular formula is C12H15BrOS. The molecule has 0 amide bonds. The van der Waals surface area contributed by atoms with Gasteiger partial charge in [0.05, 0.1) is 3.79 Å². The SMILES string of the molecule is CC1CCC(C(=O)Cc2ccc(Br)s2)C1. The van der Waals surface area contributed by atoms with E-state index in [-0.39, 0.29) is 0 Å². The van der Waals surface area contributed by atoms with Gasteiger partial charge in [-0.05, 0) is 53.2 Å². The molecule has 1 saturated carbocycles. The summed E-state index contributed by atoms with van der Waals surface area (Å²) in [6.07, 6.45) is 4.07. The number of carbonyl (C=O) groups is 1. The standard InChI is InChI=1S/C12H15BrOS/c1-8-2-3-9(6-8)11(14)7-10-4-5-12(13)15-10/h4-5,8-9H,2-3,6-7H2,1H3. The highest BCUT2D eigenvalue weighted by atomic mass is 79.9. The number of Topliss-reactive ketones (excluding diaryl/α,β-unsaturated/α-hetero) is 1. The summed E-state index contributed by atoms with van der Waals surface area (Å²) in [6, 6.07) is 4.07. The molecule has 1 aromatic heterocycles. The Kier molecular flexibility index (Phi) is 3.62. The van der Waals surface area contributed by atoms with Gasteiger partial charge in [-0.3, -0.25) is 4.79 Å². The van der Waals surface area contributed by atoms with Crippen LogP contribution in [0.15, 0.2) is 15.9 Å². The van der Waals surface area contributed by atoms with Gasteiger partial charge in [-0.1, -0.05) is 6.92 Å². The second-order valence-corrected chi connectivity index (χ2v) is 7.01. The van der Waals surface area contributed by atoms with Crippen LogP contribution in [0.5, 0.6) is 0 Å². The highest BCUT2D eigenvalue weighted by Crippen LogP contribution is 2.32. The first-order valence-electron chi connectivity index (χ1n) is 5.42. The first kappa shape index (κ1) is 11.3. The molecule has 1 aromatic rings. The fourth-order valence-corrected chi connectivity index (χ4v) is 3.76. The monoisotopic (exact) mass is 286 g/mol. The van der Waals surface area contributed by atoms with Gasteiger partial charge in [0.15, 0.2) is 0 Å². The zero-order valence-electron chi connectivity index (χ0n) is 8.83. The topological polar surface area (TPSA) is 17.1 Å². The van der Waals surface area contributed by atoms with E-state index in [9.17, 15) is 4.79 Å². The van der Waals surface area contributed by atoms with Crippen LogP contribution in [0.25, 0.3) is 0 Å². The predicted octanol–water partition coefficient (Wildman–Crippen LogP) is 4.06. The van der Waals surface area contributed by atoms with Crippen molar-refractivity contribution in [2.45, 2.75) is 32.6 Å². The Morgan fingerprint density at radius 1 is 1.53 bits per heavy atom. The van der Waals surface area contributed by atoms with Crippen molar-refractivity contribution in [1.29, 1.82) is 0 Å². The molecule has 0 radical (unpaired) electrons. The third-order valence-electron chi connectivity index (χ3n) is 3.13. The first-order valence-corrected chi connectivity index (χ1v) is 7.03. The minimum atomic E-state index is 0.334. The molecule has 3 heteroatoms. The van der Waals surface area contributed by atoms with E-state index in [1.165, 1.54) is 11.3 Å². The number of carbonyl (C=O) groups excluding carboxylic acids is 1. The van der Waals surface area contributed by atoms with Crippen molar-refractivity contribution in [3.8, 4) is 0 Å². The molecule has 0 N–H and O–H groups in total. The summed E-state index contributed by atoms with van der Waals surface area (Å²) < 4.78 is 1.12. The zero-order valence-corrected chi connectivity index (χ0v) is 11.2. The average molecular weight is 287 g/mol. The van der Waals surface area contributed by atoms with Gasteiger partial charge < -0.3 is 0 Å². The van der Waals surface area contributed by atoms with Crippen LogP contribution in [-0.2, 0) is 11.2 Å². The van der Waals surface area contributed by atoms with E-state index < -0.39 is 0 Å². The van der Waals surface area contributed by atoms with Gasteiger partial charge in [0.2, 0.25) is 0 Å². The Bertz CT molecular complexity index is 358. The van der Waals surface area contributed by atoms with E-state index in [2.05, 4.69) is 22.9 Å². The molecule has 1 aliphatic carbocycles. The molecule has 2 unspecified atom stereocenters. The van der Waals surface area contributed by atoms with Gasteiger partial charge in [-0.2, -0.15) is 0 Å². The van der Waals surface area contributed by atoms with Crippen molar-refractivity contribution >= 4 is 33.0 Å². The predicted molar refractivity (Wildman–Crippen MR) is 67.2 cm³/mol. The molecule has 0 aliphatic heterocycles. The number of hydrogen-bond acceptors (Lipinski definition) is 2. The lowest BCUT2D eigenvalue weighted by Crippen LogP contribution is -2.13. The van der Waals surface area contributed by atoms with Crippen LogP contribution < -0.4 is 0 Å². The van der Waals surface area contributed by atoms with Crippen LogP contribution in [0, 0.1) is 11.8 Å². The Balaban J connectivity index is 1.92. The van der Waals surface area contributed by atoms with E-state index >= 15 is 0 Å². The van der Waals surface area contributed by atoms with Gasteiger partial charge in [0, 0.05) is 17.2 Å². The molecule has 0 saturated heterocycles. The van der Waals surface area contributed by atoms with E-state index in [0.29, 0.717) is 18.1 Å². The summed E-state index contributed by atoms with van der Waals surface area (Å²) in [5.41, 5.74) is 0.